The molecule has 0 heterocycles. The zero-order valence-electron chi connectivity index (χ0n) is 31.5. The topological polar surface area (TPSA) is 164 Å². The van der Waals surface area contributed by atoms with Gasteiger partial charge in [0.1, 0.15) is 17.8 Å². The largest absolute Gasteiger partial charge is 0.481 e. The SMILES string of the molecule is CC(C)(C)OC(=O)N(CCCCN(CCCNC(=O)OCC1c2ccccc2-c2ccccc21)C(=O)OC(C)(C)C)CCCNC(=O)CCC(=O)O. The Morgan fingerprint density at radius 1 is 0.654 bits per heavy atom. The molecule has 0 spiro atoms. The summed E-state index contributed by atoms with van der Waals surface area (Å²) in [4.78, 5) is 64.4. The molecule has 0 saturated carbocycles. The van der Waals surface area contributed by atoms with Crippen molar-refractivity contribution in [2.75, 3.05) is 45.9 Å². The Balaban J connectivity index is 1.47. The fourth-order valence-electron chi connectivity index (χ4n) is 5.76. The van der Waals surface area contributed by atoms with Gasteiger partial charge in [-0.3, -0.25) is 9.59 Å². The van der Waals surface area contributed by atoms with Gasteiger partial charge in [-0.25, -0.2) is 14.4 Å². The van der Waals surface area contributed by atoms with Gasteiger partial charge in [0.05, 0.1) is 6.42 Å². The molecule has 0 aliphatic heterocycles. The van der Waals surface area contributed by atoms with Gasteiger partial charge in [-0.05, 0) is 89.5 Å². The maximum Gasteiger partial charge on any atom is 0.410 e. The number of aliphatic carboxylic acids is 1. The highest BCUT2D eigenvalue weighted by molar-refractivity contribution is 5.80. The number of carbonyl (C=O) groups excluding carboxylic acids is 4. The van der Waals surface area contributed by atoms with E-state index in [1.54, 1.807) is 51.3 Å². The van der Waals surface area contributed by atoms with Crippen molar-refractivity contribution in [1.29, 1.82) is 0 Å². The lowest BCUT2D eigenvalue weighted by Crippen LogP contribution is -2.40. The van der Waals surface area contributed by atoms with E-state index in [0.717, 1.165) is 22.3 Å². The molecule has 0 atom stereocenters. The van der Waals surface area contributed by atoms with Gasteiger partial charge >= 0.3 is 24.2 Å². The molecule has 13 nitrogen and oxygen atoms in total. The van der Waals surface area contributed by atoms with Crippen LogP contribution in [0, 0.1) is 0 Å². The first-order valence-corrected chi connectivity index (χ1v) is 18.1. The van der Waals surface area contributed by atoms with Crippen LogP contribution < -0.4 is 10.6 Å². The number of unbranched alkanes of at least 4 members (excludes halogenated alkanes) is 1. The summed E-state index contributed by atoms with van der Waals surface area (Å²) in [6, 6.07) is 16.3. The number of alkyl carbamates (subject to hydrolysis) is 1. The molecule has 2 aromatic carbocycles. The maximum atomic E-state index is 13.1. The molecule has 52 heavy (non-hydrogen) atoms. The van der Waals surface area contributed by atoms with Crippen LogP contribution in [0.5, 0.6) is 0 Å². The Morgan fingerprint density at radius 2 is 1.10 bits per heavy atom. The van der Waals surface area contributed by atoms with E-state index in [0.29, 0.717) is 58.4 Å². The normalized spacial score (nSPS) is 12.3. The number of carbonyl (C=O) groups is 5. The highest BCUT2D eigenvalue weighted by Gasteiger charge is 2.29. The number of carboxylic acids is 1. The van der Waals surface area contributed by atoms with E-state index in [1.807, 2.05) is 24.3 Å². The summed E-state index contributed by atoms with van der Waals surface area (Å²) >= 11 is 0. The number of rotatable bonds is 18. The van der Waals surface area contributed by atoms with Gasteiger partial charge in [-0.2, -0.15) is 0 Å². The van der Waals surface area contributed by atoms with Crippen LogP contribution in [0.4, 0.5) is 14.4 Å². The molecule has 1 aliphatic carbocycles. The van der Waals surface area contributed by atoms with Gasteiger partial charge in [-0.15, -0.1) is 0 Å². The van der Waals surface area contributed by atoms with Crippen molar-refractivity contribution in [1.82, 2.24) is 20.4 Å². The minimum Gasteiger partial charge on any atom is -0.481 e. The third-order valence-corrected chi connectivity index (χ3v) is 8.12. The number of nitrogens with one attached hydrogen (secondary N) is 2. The first-order valence-electron chi connectivity index (χ1n) is 18.1. The summed E-state index contributed by atoms with van der Waals surface area (Å²) in [5.41, 5.74) is 3.20. The minimum atomic E-state index is -1.04. The molecule has 0 bridgehead atoms. The molecule has 2 aromatic rings. The summed E-state index contributed by atoms with van der Waals surface area (Å²) in [5, 5.41) is 14.2. The molecule has 0 aromatic heterocycles. The van der Waals surface area contributed by atoms with E-state index >= 15 is 0 Å². The Kier molecular flexibility index (Phi) is 15.8. The molecular formula is C39H56N4O9. The average molecular weight is 725 g/mol. The number of hydrogen-bond acceptors (Lipinski definition) is 8. The van der Waals surface area contributed by atoms with Gasteiger partial charge in [0.15, 0.2) is 0 Å². The summed E-state index contributed by atoms with van der Waals surface area (Å²) in [7, 11) is 0. The lowest BCUT2D eigenvalue weighted by molar-refractivity contribution is -0.138. The third-order valence-electron chi connectivity index (χ3n) is 8.12. The van der Waals surface area contributed by atoms with Crippen molar-refractivity contribution in [3.8, 4) is 11.1 Å². The van der Waals surface area contributed by atoms with Crippen LogP contribution >= 0.6 is 0 Å². The highest BCUT2D eigenvalue weighted by atomic mass is 16.6. The van der Waals surface area contributed by atoms with Gasteiger partial charge in [0.2, 0.25) is 5.91 Å². The van der Waals surface area contributed by atoms with Gasteiger partial charge < -0.3 is 39.8 Å². The minimum absolute atomic E-state index is 0.0386. The van der Waals surface area contributed by atoms with Crippen molar-refractivity contribution in [3.05, 3.63) is 59.7 Å². The van der Waals surface area contributed by atoms with Crippen molar-refractivity contribution in [2.24, 2.45) is 0 Å². The fourth-order valence-corrected chi connectivity index (χ4v) is 5.76. The molecule has 0 saturated heterocycles. The quantitative estimate of drug-likeness (QED) is 0.114. The smallest absolute Gasteiger partial charge is 0.410 e. The molecule has 13 heteroatoms. The summed E-state index contributed by atoms with van der Waals surface area (Å²) in [6.45, 7) is 13.0. The van der Waals surface area contributed by atoms with Gasteiger partial charge in [-0.1, -0.05) is 48.5 Å². The van der Waals surface area contributed by atoms with Crippen LogP contribution in [-0.2, 0) is 23.8 Å². The molecule has 0 radical (unpaired) electrons. The van der Waals surface area contributed by atoms with Gasteiger partial charge in [0, 0.05) is 51.6 Å². The van der Waals surface area contributed by atoms with E-state index in [1.165, 1.54) is 0 Å². The van der Waals surface area contributed by atoms with E-state index in [9.17, 15) is 24.0 Å². The molecule has 286 valence electrons. The Bertz CT molecular complexity index is 1470. The second kappa shape index (κ2) is 19.7. The molecular weight excluding hydrogens is 668 g/mol. The van der Waals surface area contributed by atoms with E-state index in [2.05, 4.69) is 34.9 Å². The van der Waals surface area contributed by atoms with Crippen LogP contribution in [0.25, 0.3) is 11.1 Å². The Labute approximate surface area is 307 Å². The van der Waals surface area contributed by atoms with Crippen molar-refractivity contribution in [2.45, 2.75) is 97.2 Å². The second-order valence-electron chi connectivity index (χ2n) is 14.8. The lowest BCUT2D eigenvalue weighted by atomic mass is 9.98. The standard InChI is InChI=1S/C39H56N4O9/c1-38(2,3)51-36(48)42(25-13-21-40-33(44)19-20-34(45)46)23-11-12-24-43(37(49)52-39(4,5)6)26-14-22-41-35(47)50-27-32-30-17-9-7-15-28(30)29-16-8-10-18-31(29)32/h7-10,15-18,32H,11-14,19-27H2,1-6H3,(H,40,44)(H,41,47)(H,45,46). The van der Waals surface area contributed by atoms with Crippen molar-refractivity contribution in [3.63, 3.8) is 0 Å². The molecule has 0 fully saturated rings. The monoisotopic (exact) mass is 724 g/mol. The van der Waals surface area contributed by atoms with Crippen LogP contribution in [0.15, 0.2) is 48.5 Å². The van der Waals surface area contributed by atoms with E-state index in [-0.39, 0.29) is 37.8 Å². The lowest BCUT2D eigenvalue weighted by Gasteiger charge is -2.29. The van der Waals surface area contributed by atoms with Crippen LogP contribution in [0.3, 0.4) is 0 Å². The summed E-state index contributed by atoms with van der Waals surface area (Å²) in [6.07, 6.45) is 0.267. The number of nitrogens with zero attached hydrogens (tertiary/aromatic N) is 2. The van der Waals surface area contributed by atoms with Crippen LogP contribution in [-0.4, -0.2) is 102 Å². The van der Waals surface area contributed by atoms with E-state index in [4.69, 9.17) is 19.3 Å². The number of hydrogen-bond donors (Lipinski definition) is 3. The maximum absolute atomic E-state index is 13.1. The average Bonchev–Trinajstić information content (AvgIpc) is 3.38. The Morgan fingerprint density at radius 3 is 1.56 bits per heavy atom. The zero-order chi connectivity index (χ0) is 38.3. The molecule has 4 amide bonds. The second-order valence-corrected chi connectivity index (χ2v) is 14.8. The highest BCUT2D eigenvalue weighted by Crippen LogP contribution is 2.44. The first-order chi connectivity index (χ1) is 24.5. The Hall–Kier alpha value is -4.81. The number of ether oxygens (including phenoxy) is 3. The first kappa shape index (κ1) is 41.6. The predicted octanol–water partition coefficient (Wildman–Crippen LogP) is 6.54. The van der Waals surface area contributed by atoms with Crippen LogP contribution in [0.1, 0.15) is 97.1 Å². The molecule has 3 N–H and O–H groups in total. The molecule has 3 rings (SSSR count). The fraction of sp³-hybridized carbons (Fsp3) is 0.564. The number of fused-ring (bicyclic) bond motifs is 3. The third kappa shape index (κ3) is 14.4. The van der Waals surface area contributed by atoms with Crippen LogP contribution in [0.2, 0.25) is 0 Å². The predicted molar refractivity (Wildman–Crippen MR) is 197 cm³/mol. The number of benzene rings is 2. The molecule has 0 unspecified atom stereocenters. The summed E-state index contributed by atoms with van der Waals surface area (Å²) < 4.78 is 16.9. The zero-order valence-corrected chi connectivity index (χ0v) is 31.5. The molecule has 1 aliphatic rings. The van der Waals surface area contributed by atoms with Crippen molar-refractivity contribution >= 4 is 30.2 Å². The van der Waals surface area contributed by atoms with Gasteiger partial charge in [0.25, 0.3) is 0 Å². The number of amides is 4. The van der Waals surface area contributed by atoms with E-state index < -0.39 is 35.5 Å². The van der Waals surface area contributed by atoms with Crippen molar-refractivity contribution < 1.29 is 43.3 Å². The number of carboxylic acid groups (broad SMARTS) is 1. The summed E-state index contributed by atoms with van der Waals surface area (Å²) in [5.74, 6) is -1.44.